The molecule has 0 aliphatic rings. The zero-order valence-corrected chi connectivity index (χ0v) is 19.9. The average molecular weight is 491 g/mol. The Kier molecular flexibility index (Phi) is 7.99. The maximum absolute atomic E-state index is 12.9. The summed E-state index contributed by atoms with van der Waals surface area (Å²) in [6.45, 7) is 2.58. The Morgan fingerprint density at radius 1 is 1.06 bits per heavy atom. The Labute approximate surface area is 197 Å². The Morgan fingerprint density at radius 2 is 1.73 bits per heavy atom. The number of sulfone groups is 1. The Balaban J connectivity index is 1.99. The van der Waals surface area contributed by atoms with Crippen LogP contribution in [-0.2, 0) is 22.9 Å². The van der Waals surface area contributed by atoms with E-state index >= 15 is 0 Å². The fourth-order valence-corrected chi connectivity index (χ4v) is 4.86. The summed E-state index contributed by atoms with van der Waals surface area (Å²) in [6, 6.07) is 15.3. The molecule has 2 aromatic carbocycles. The van der Waals surface area contributed by atoms with Crippen LogP contribution in [0.1, 0.15) is 25.3 Å². The molecule has 33 heavy (non-hydrogen) atoms. The molecule has 3 aromatic rings. The Hall–Kier alpha value is -3.04. The first-order valence-corrected chi connectivity index (χ1v) is 12.7. The van der Waals surface area contributed by atoms with Gasteiger partial charge in [0.2, 0.25) is 0 Å². The average Bonchev–Trinajstić information content (AvgIpc) is 2.78. The largest absolute Gasteiger partial charge is 0.383 e. The normalized spacial score (nSPS) is 11.5. The van der Waals surface area contributed by atoms with Crippen molar-refractivity contribution in [1.82, 2.24) is 9.55 Å². The lowest BCUT2D eigenvalue weighted by Crippen LogP contribution is -2.40. The molecule has 1 aromatic heterocycles. The lowest BCUT2D eigenvalue weighted by atomic mass is 10.2. The van der Waals surface area contributed by atoms with Crippen LogP contribution in [0.25, 0.3) is 0 Å². The SMILES string of the molecule is CCCCn1c(N)c(N(CCS(=O)(=O)c2ccc(Cl)cc2)Cc2ccccc2)c(=O)[nH]c1=O. The van der Waals surface area contributed by atoms with Crippen molar-refractivity contribution in [3.63, 3.8) is 0 Å². The number of rotatable bonds is 10. The third-order valence-electron chi connectivity index (χ3n) is 5.28. The molecule has 0 unspecified atom stereocenters. The molecule has 0 bridgehead atoms. The zero-order valence-electron chi connectivity index (χ0n) is 18.3. The van der Waals surface area contributed by atoms with Crippen LogP contribution < -0.4 is 21.9 Å². The molecular formula is C23H27ClN4O4S. The minimum Gasteiger partial charge on any atom is -0.383 e. The molecule has 0 aliphatic heterocycles. The smallest absolute Gasteiger partial charge is 0.330 e. The van der Waals surface area contributed by atoms with E-state index in [4.69, 9.17) is 17.3 Å². The summed E-state index contributed by atoms with van der Waals surface area (Å²) in [7, 11) is -3.65. The molecule has 8 nitrogen and oxygen atoms in total. The summed E-state index contributed by atoms with van der Waals surface area (Å²) in [5.41, 5.74) is 6.01. The second-order valence-electron chi connectivity index (χ2n) is 7.68. The van der Waals surface area contributed by atoms with E-state index in [9.17, 15) is 18.0 Å². The standard InChI is InChI=1S/C23H27ClN4O4S/c1-2-3-13-28-21(25)20(22(29)26-23(28)30)27(16-17-7-5-4-6-8-17)14-15-33(31,32)19-11-9-18(24)10-12-19/h4-12H,2-3,13-16,25H2,1H3,(H,26,29,30). The van der Waals surface area contributed by atoms with E-state index in [-0.39, 0.29) is 35.2 Å². The van der Waals surface area contributed by atoms with Gasteiger partial charge in [-0.3, -0.25) is 14.3 Å². The van der Waals surface area contributed by atoms with Gasteiger partial charge in [-0.25, -0.2) is 13.2 Å². The van der Waals surface area contributed by atoms with Crippen LogP contribution in [0.3, 0.4) is 0 Å². The number of nitrogens with one attached hydrogen (secondary N) is 1. The third kappa shape index (κ3) is 6.06. The second-order valence-corrected chi connectivity index (χ2v) is 10.2. The van der Waals surface area contributed by atoms with Crippen molar-refractivity contribution in [3.8, 4) is 0 Å². The van der Waals surface area contributed by atoms with Crippen LogP contribution in [0.2, 0.25) is 5.02 Å². The molecule has 0 saturated carbocycles. The quantitative estimate of drug-likeness (QED) is 0.451. The minimum absolute atomic E-state index is 0.000877. The van der Waals surface area contributed by atoms with Crippen molar-refractivity contribution < 1.29 is 8.42 Å². The van der Waals surface area contributed by atoms with E-state index in [0.717, 1.165) is 12.0 Å². The predicted molar refractivity (Wildman–Crippen MR) is 132 cm³/mol. The van der Waals surface area contributed by atoms with E-state index in [1.54, 1.807) is 4.90 Å². The van der Waals surface area contributed by atoms with Crippen molar-refractivity contribution >= 4 is 32.9 Å². The van der Waals surface area contributed by atoms with Crippen LogP contribution in [0.15, 0.2) is 69.1 Å². The van der Waals surface area contributed by atoms with Crippen molar-refractivity contribution in [2.45, 2.75) is 37.8 Å². The summed E-state index contributed by atoms with van der Waals surface area (Å²) in [4.78, 5) is 29.2. The summed E-state index contributed by atoms with van der Waals surface area (Å²) < 4.78 is 27.2. The van der Waals surface area contributed by atoms with Gasteiger partial charge in [0.15, 0.2) is 9.84 Å². The van der Waals surface area contributed by atoms with Crippen molar-refractivity contribution in [3.05, 3.63) is 86.0 Å². The number of H-pyrrole nitrogens is 1. The highest BCUT2D eigenvalue weighted by Crippen LogP contribution is 2.21. The van der Waals surface area contributed by atoms with Crippen LogP contribution in [-0.4, -0.2) is 30.3 Å². The third-order valence-corrected chi connectivity index (χ3v) is 7.25. The number of hydrogen-bond donors (Lipinski definition) is 2. The topological polar surface area (TPSA) is 118 Å². The van der Waals surface area contributed by atoms with E-state index in [0.29, 0.717) is 18.0 Å². The molecule has 10 heteroatoms. The number of nitrogens with zero attached hydrogens (tertiary/aromatic N) is 2. The van der Waals surface area contributed by atoms with E-state index in [1.165, 1.54) is 28.8 Å². The van der Waals surface area contributed by atoms with Crippen LogP contribution in [0.5, 0.6) is 0 Å². The summed E-state index contributed by atoms with van der Waals surface area (Å²) >= 11 is 5.88. The van der Waals surface area contributed by atoms with Gasteiger partial charge in [-0.15, -0.1) is 0 Å². The number of halogens is 1. The van der Waals surface area contributed by atoms with Crippen LogP contribution in [0, 0.1) is 0 Å². The zero-order chi connectivity index (χ0) is 24.0. The number of benzene rings is 2. The van der Waals surface area contributed by atoms with E-state index in [2.05, 4.69) is 4.98 Å². The Morgan fingerprint density at radius 3 is 2.36 bits per heavy atom. The molecule has 0 aliphatic carbocycles. The second kappa shape index (κ2) is 10.7. The number of aromatic amines is 1. The molecule has 1 heterocycles. The molecule has 0 amide bonds. The molecular weight excluding hydrogens is 464 g/mol. The van der Waals surface area contributed by atoms with Crippen LogP contribution >= 0.6 is 11.6 Å². The number of nitrogen functional groups attached to an aromatic ring is 1. The molecule has 3 N–H and O–H groups in total. The van der Waals surface area contributed by atoms with Gasteiger partial charge in [0.25, 0.3) is 5.56 Å². The van der Waals surface area contributed by atoms with Gasteiger partial charge in [0.1, 0.15) is 11.5 Å². The maximum atomic E-state index is 12.9. The van der Waals surface area contributed by atoms with Gasteiger partial charge in [0.05, 0.1) is 10.6 Å². The number of aromatic nitrogens is 2. The number of anilines is 2. The van der Waals surface area contributed by atoms with Crippen molar-refractivity contribution in [2.24, 2.45) is 0 Å². The van der Waals surface area contributed by atoms with E-state index in [1.807, 2.05) is 37.3 Å². The van der Waals surface area contributed by atoms with Gasteiger partial charge in [-0.1, -0.05) is 55.3 Å². The molecule has 3 rings (SSSR count). The first kappa shape index (κ1) is 24.6. The summed E-state index contributed by atoms with van der Waals surface area (Å²) in [6.07, 6.45) is 1.55. The maximum Gasteiger partial charge on any atom is 0.330 e. The van der Waals surface area contributed by atoms with Crippen molar-refractivity contribution in [2.75, 3.05) is 22.9 Å². The number of unbranched alkanes of at least 4 members (excludes halogenated alkanes) is 1. The lowest BCUT2D eigenvalue weighted by molar-refractivity contribution is 0.592. The lowest BCUT2D eigenvalue weighted by Gasteiger charge is -2.26. The van der Waals surface area contributed by atoms with Gasteiger partial charge in [-0.2, -0.15) is 0 Å². The summed E-state index contributed by atoms with van der Waals surface area (Å²) in [5, 5.41) is 0.438. The fourth-order valence-electron chi connectivity index (χ4n) is 3.49. The molecule has 0 radical (unpaired) electrons. The predicted octanol–water partition coefficient (Wildman–Crippen LogP) is 3.05. The highest BCUT2D eigenvalue weighted by atomic mass is 35.5. The van der Waals surface area contributed by atoms with E-state index < -0.39 is 21.1 Å². The van der Waals surface area contributed by atoms with Crippen molar-refractivity contribution in [1.29, 1.82) is 0 Å². The number of nitrogens with two attached hydrogens (primary N) is 1. The van der Waals surface area contributed by atoms with Gasteiger partial charge in [0, 0.05) is 24.7 Å². The molecule has 176 valence electrons. The van der Waals surface area contributed by atoms with Gasteiger partial charge >= 0.3 is 5.69 Å². The monoisotopic (exact) mass is 490 g/mol. The molecule has 0 saturated heterocycles. The first-order chi connectivity index (χ1) is 15.7. The molecule has 0 atom stereocenters. The minimum atomic E-state index is -3.65. The van der Waals surface area contributed by atoms with Gasteiger partial charge < -0.3 is 10.6 Å². The fraction of sp³-hybridized carbons (Fsp3) is 0.304. The van der Waals surface area contributed by atoms with Crippen LogP contribution in [0.4, 0.5) is 11.5 Å². The number of hydrogen-bond acceptors (Lipinski definition) is 6. The highest BCUT2D eigenvalue weighted by molar-refractivity contribution is 7.91. The molecule has 0 fully saturated rings. The molecule has 0 spiro atoms. The Bertz CT molecular complexity index is 1300. The first-order valence-electron chi connectivity index (χ1n) is 10.6. The summed E-state index contributed by atoms with van der Waals surface area (Å²) in [5.74, 6) is -0.231. The van der Waals surface area contributed by atoms with Gasteiger partial charge in [-0.05, 0) is 36.2 Å². The highest BCUT2D eigenvalue weighted by Gasteiger charge is 2.22.